The number of nitrogens with one attached hydrogen (secondary N) is 2. The van der Waals surface area contributed by atoms with Crippen LogP contribution in [0.25, 0.3) is 33.4 Å². The Morgan fingerprint density at radius 1 is 1.14 bits per heavy atom. The molecule has 4 atom stereocenters. The van der Waals surface area contributed by atoms with Gasteiger partial charge in [0, 0.05) is 94.5 Å². The van der Waals surface area contributed by atoms with Crippen LogP contribution in [0.5, 0.6) is 0 Å². The quantitative estimate of drug-likeness (QED) is 0.195. The number of aryl methyl sites for hydroxylation is 1. The van der Waals surface area contributed by atoms with Crippen molar-refractivity contribution in [1.82, 2.24) is 44.4 Å². The fourth-order valence-corrected chi connectivity index (χ4v) is 11.7. The number of fused-ring (bicyclic) bond motifs is 6. The van der Waals surface area contributed by atoms with Crippen LogP contribution in [0.3, 0.4) is 0 Å². The zero-order valence-corrected chi connectivity index (χ0v) is 41.4. The second kappa shape index (κ2) is 19.4. The van der Waals surface area contributed by atoms with Crippen LogP contribution in [0.15, 0.2) is 41.9 Å². The van der Waals surface area contributed by atoms with E-state index in [9.17, 15) is 27.6 Å². The molecule has 19 heteroatoms. The maximum atomic E-state index is 14.7. The van der Waals surface area contributed by atoms with Crippen molar-refractivity contribution in [2.24, 2.45) is 11.3 Å². The number of likely N-dealkylation sites (tertiary alicyclic amines) is 1. The fraction of sp³-hybridized carbons (Fsp3) is 0.574. The van der Waals surface area contributed by atoms with Gasteiger partial charge >= 0.3 is 6.03 Å². The molecule has 0 aliphatic carbocycles. The predicted octanol–water partition coefficient (Wildman–Crippen LogP) is 4.90. The lowest BCUT2D eigenvalue weighted by atomic mass is 9.84. The molecule has 6 heterocycles. The molecular weight excluding hydrogens is 883 g/mol. The van der Waals surface area contributed by atoms with Crippen molar-refractivity contribution in [3.05, 3.63) is 58.2 Å². The number of likely N-dealkylation sites (N-methyl/N-ethyl adjacent to an activating group) is 1. The number of aromatic nitrogens is 3. The third-order valence-electron chi connectivity index (χ3n) is 13.2. The summed E-state index contributed by atoms with van der Waals surface area (Å²) >= 11 is 1.38. The van der Waals surface area contributed by atoms with Crippen molar-refractivity contribution in [1.29, 1.82) is 0 Å². The van der Waals surface area contributed by atoms with E-state index in [1.807, 2.05) is 32.2 Å². The Morgan fingerprint density at radius 3 is 2.55 bits per heavy atom. The molecule has 1 unspecified atom stereocenters. The van der Waals surface area contributed by atoms with Crippen LogP contribution in [-0.2, 0) is 53.3 Å². The number of thiazole rings is 1. The molecule has 66 heavy (non-hydrogen) atoms. The number of hydrogen-bond donors (Lipinski definition) is 2. The molecular formula is C47H65N9O8S2. The van der Waals surface area contributed by atoms with Gasteiger partial charge in [-0.05, 0) is 74.3 Å². The number of carbonyl (C=O) groups excluding carboxylic acids is 4. The molecule has 358 valence electrons. The van der Waals surface area contributed by atoms with Crippen LogP contribution in [-0.4, -0.2) is 150 Å². The lowest BCUT2D eigenvalue weighted by Crippen LogP contribution is -2.67. The molecule has 1 aromatic carbocycles. The van der Waals surface area contributed by atoms with E-state index in [-0.39, 0.29) is 44.7 Å². The minimum atomic E-state index is -3.56. The van der Waals surface area contributed by atoms with Crippen LogP contribution in [0.1, 0.15) is 76.8 Å². The number of sulfonamides is 1. The number of hydrazine groups is 1. The van der Waals surface area contributed by atoms with E-state index in [0.717, 1.165) is 55.3 Å². The molecule has 3 aliphatic heterocycles. The number of amides is 4. The second-order valence-electron chi connectivity index (χ2n) is 19.3. The molecule has 0 spiro atoms. The first-order valence-electron chi connectivity index (χ1n) is 22.7. The summed E-state index contributed by atoms with van der Waals surface area (Å²) in [7, 11) is 2.55. The summed E-state index contributed by atoms with van der Waals surface area (Å²) in [6.45, 7) is 13.4. The molecule has 3 aliphatic rings. The number of carbonyl (C=O) groups is 4. The van der Waals surface area contributed by atoms with E-state index < -0.39 is 56.2 Å². The predicted molar refractivity (Wildman–Crippen MR) is 254 cm³/mol. The largest absolute Gasteiger partial charge is 0.378 e. The Balaban J connectivity index is 1.27. The maximum Gasteiger partial charge on any atom is 0.320 e. The molecule has 6 bridgehead atoms. The van der Waals surface area contributed by atoms with Gasteiger partial charge in [-0.15, -0.1) is 11.3 Å². The number of pyridine rings is 1. The van der Waals surface area contributed by atoms with Gasteiger partial charge in [-0.25, -0.2) is 27.9 Å². The minimum Gasteiger partial charge on any atom is -0.378 e. The summed E-state index contributed by atoms with van der Waals surface area (Å²) in [5, 5.41) is 7.28. The zero-order valence-electron chi connectivity index (χ0n) is 39.8. The Labute approximate surface area is 392 Å². The van der Waals surface area contributed by atoms with E-state index in [2.05, 4.69) is 60.3 Å². The van der Waals surface area contributed by atoms with Gasteiger partial charge in [0.1, 0.15) is 29.2 Å². The van der Waals surface area contributed by atoms with Crippen molar-refractivity contribution in [3.63, 3.8) is 0 Å². The van der Waals surface area contributed by atoms with E-state index in [1.165, 1.54) is 47.3 Å². The zero-order chi connectivity index (χ0) is 47.9. The van der Waals surface area contributed by atoms with E-state index in [1.54, 1.807) is 13.3 Å². The number of hydrogen-bond acceptors (Lipinski definition) is 12. The third kappa shape index (κ3) is 9.65. The maximum absolute atomic E-state index is 14.7. The number of ether oxygens (including phenoxy) is 2. The highest BCUT2D eigenvalue weighted by atomic mass is 32.2. The average molecular weight is 948 g/mol. The first-order chi connectivity index (χ1) is 31.2. The van der Waals surface area contributed by atoms with Gasteiger partial charge in [0.15, 0.2) is 0 Å². The third-order valence-corrected chi connectivity index (χ3v) is 16.2. The van der Waals surface area contributed by atoms with Crippen molar-refractivity contribution >= 4 is 56.4 Å². The SMILES string of the molecule is CCn1c(-c2cccnc2[C@H](C)OC)c2c3cc(ccc31)-c1csc(n1)C[C@H](NC(=O)[C@H](C(C)C)N(C)C(=O)N1CC(S(=O)(=O)N(C)C)C1)C(=O)N1CCCC(C=O)(COCC(C)(C)C2)N1. The van der Waals surface area contributed by atoms with E-state index in [0.29, 0.717) is 37.4 Å². The van der Waals surface area contributed by atoms with Crippen molar-refractivity contribution in [3.8, 4) is 22.5 Å². The highest BCUT2D eigenvalue weighted by Crippen LogP contribution is 2.42. The molecule has 7 rings (SSSR count). The number of nitrogens with zero attached hydrogens (tertiary/aromatic N) is 7. The standard InChI is InChI=1S/C47H65N9O8S2/c1-11-55-38-16-15-31-20-34(38)35(42(55)33-14-12-18-48-40(33)30(4)63-10)22-46(5,6)27-64-28-47(26-57)17-13-19-56(51-47)44(59)36(21-39-49-37(31)25-65-39)50-43(58)41(29(2)3)53(9)45(60)54-23-32(24-54)66(61,62)52(7)8/h12,14-16,18,20,25-26,29-30,32,36,41,51H,11,13,17,19,21-24,27-28H2,1-10H3,(H,50,58)/t30-,36-,41-,47?/m0/s1. The number of methoxy groups -OCH3 is 1. The van der Waals surface area contributed by atoms with Gasteiger partial charge in [-0.2, -0.15) is 0 Å². The summed E-state index contributed by atoms with van der Waals surface area (Å²) in [5.41, 5.74) is 8.27. The molecule has 3 aromatic heterocycles. The molecule has 0 radical (unpaired) electrons. The highest BCUT2D eigenvalue weighted by molar-refractivity contribution is 7.89. The first-order valence-corrected chi connectivity index (χ1v) is 25.1. The average Bonchev–Trinajstić information content (AvgIpc) is 3.85. The highest BCUT2D eigenvalue weighted by Gasteiger charge is 2.45. The van der Waals surface area contributed by atoms with Crippen LogP contribution < -0.4 is 10.7 Å². The van der Waals surface area contributed by atoms with Gasteiger partial charge in [-0.1, -0.05) is 33.8 Å². The Bertz CT molecular complexity index is 2570. The number of aldehydes is 1. The van der Waals surface area contributed by atoms with Crippen LogP contribution in [0.2, 0.25) is 0 Å². The number of benzene rings is 1. The molecule has 0 saturated carbocycles. The van der Waals surface area contributed by atoms with E-state index in [4.69, 9.17) is 19.4 Å². The Hall–Kier alpha value is -4.79. The summed E-state index contributed by atoms with van der Waals surface area (Å²) in [6, 6.07) is 7.80. The van der Waals surface area contributed by atoms with E-state index >= 15 is 0 Å². The summed E-state index contributed by atoms with van der Waals surface area (Å²) < 4.78 is 41.2. The molecule has 2 N–H and O–H groups in total. The van der Waals surface area contributed by atoms with Crippen LogP contribution in [0.4, 0.5) is 4.79 Å². The summed E-state index contributed by atoms with van der Waals surface area (Å²) in [6.07, 6.45) is 3.96. The second-order valence-corrected chi connectivity index (χ2v) is 22.6. The van der Waals surface area contributed by atoms with Crippen molar-refractivity contribution in [2.45, 2.75) is 103 Å². The monoisotopic (exact) mass is 947 g/mol. The fourth-order valence-electron chi connectivity index (χ4n) is 9.52. The lowest BCUT2D eigenvalue weighted by molar-refractivity contribution is -0.147. The molecule has 4 amide bonds. The van der Waals surface area contributed by atoms with Gasteiger partial charge in [0.2, 0.25) is 15.9 Å². The normalized spacial score (nSPS) is 21.6. The molecule has 4 aromatic rings. The number of urea groups is 1. The molecule has 2 fully saturated rings. The molecule has 2 saturated heterocycles. The molecule has 17 nitrogen and oxygen atoms in total. The summed E-state index contributed by atoms with van der Waals surface area (Å²) in [5.74, 6) is -1.39. The van der Waals surface area contributed by atoms with Gasteiger partial charge in [0.05, 0.1) is 41.4 Å². The Morgan fingerprint density at radius 2 is 1.88 bits per heavy atom. The smallest absolute Gasteiger partial charge is 0.320 e. The summed E-state index contributed by atoms with van der Waals surface area (Å²) in [4.78, 5) is 68.5. The first kappa shape index (κ1) is 49.1. The van der Waals surface area contributed by atoms with Crippen molar-refractivity contribution < 1.29 is 37.1 Å². The van der Waals surface area contributed by atoms with Gasteiger partial charge in [-0.3, -0.25) is 19.6 Å². The lowest BCUT2D eigenvalue weighted by Gasteiger charge is -2.43. The van der Waals surface area contributed by atoms with Crippen LogP contribution in [0, 0.1) is 11.3 Å². The number of rotatable bonds is 11. The van der Waals surface area contributed by atoms with Gasteiger partial charge in [0.25, 0.3) is 5.91 Å². The Kier molecular flexibility index (Phi) is 14.5. The van der Waals surface area contributed by atoms with Crippen molar-refractivity contribution in [2.75, 3.05) is 61.1 Å². The topological polar surface area (TPSA) is 189 Å². The van der Waals surface area contributed by atoms with Crippen LogP contribution >= 0.6 is 11.3 Å². The van der Waals surface area contributed by atoms with Gasteiger partial charge < -0.3 is 34.0 Å². The minimum absolute atomic E-state index is 0.00286.